The van der Waals surface area contributed by atoms with Gasteiger partial charge in [0, 0.05) is 24.5 Å². The number of benzene rings is 1. The van der Waals surface area contributed by atoms with E-state index in [1.54, 1.807) is 25.3 Å². The van der Waals surface area contributed by atoms with E-state index in [9.17, 15) is 13.2 Å². The van der Waals surface area contributed by atoms with Crippen molar-refractivity contribution < 1.29 is 22.7 Å². The van der Waals surface area contributed by atoms with E-state index in [1.807, 2.05) is 0 Å². The van der Waals surface area contributed by atoms with Gasteiger partial charge < -0.3 is 14.8 Å². The Bertz CT molecular complexity index is 918. The Morgan fingerprint density at radius 3 is 2.52 bits per heavy atom. The topological polar surface area (TPSA) is 84.9 Å². The molecule has 1 fully saturated rings. The molecule has 9 heteroatoms. The summed E-state index contributed by atoms with van der Waals surface area (Å²) in [5.74, 6) is 0.680. The van der Waals surface area contributed by atoms with Crippen LogP contribution in [0.3, 0.4) is 0 Å². The number of methoxy groups -OCH3 is 2. The van der Waals surface area contributed by atoms with Gasteiger partial charge in [-0.1, -0.05) is 6.42 Å². The van der Waals surface area contributed by atoms with E-state index in [4.69, 9.17) is 9.47 Å². The molecule has 1 N–H and O–H groups in total. The second kappa shape index (κ2) is 8.28. The van der Waals surface area contributed by atoms with Gasteiger partial charge in [-0.2, -0.15) is 4.31 Å². The molecule has 7 nitrogen and oxygen atoms in total. The number of carbonyl (C=O) groups is 1. The van der Waals surface area contributed by atoms with Crippen molar-refractivity contribution in [3.8, 4) is 11.5 Å². The predicted octanol–water partition coefficient (Wildman–Crippen LogP) is 3.19. The molecule has 146 valence electrons. The summed E-state index contributed by atoms with van der Waals surface area (Å²) in [5, 5.41) is 4.27. The van der Waals surface area contributed by atoms with Crippen molar-refractivity contribution in [1.82, 2.24) is 4.31 Å². The summed E-state index contributed by atoms with van der Waals surface area (Å²) in [5.41, 5.74) is 0.483. The third-order valence-corrected chi connectivity index (χ3v) is 7.36. The molecule has 1 aliphatic rings. The normalized spacial score (nSPS) is 15.3. The van der Waals surface area contributed by atoms with Crippen molar-refractivity contribution in [2.24, 2.45) is 0 Å². The number of rotatable bonds is 6. The van der Waals surface area contributed by atoms with Crippen LogP contribution in [0.15, 0.2) is 34.5 Å². The lowest BCUT2D eigenvalue weighted by molar-refractivity contribution is 0.103. The molecule has 1 amide bonds. The van der Waals surface area contributed by atoms with E-state index in [0.29, 0.717) is 35.2 Å². The summed E-state index contributed by atoms with van der Waals surface area (Å²) >= 11 is 1.11. The molecule has 0 saturated carbocycles. The summed E-state index contributed by atoms with van der Waals surface area (Å²) < 4.78 is 37.3. The lowest BCUT2D eigenvalue weighted by Crippen LogP contribution is -2.35. The second-order valence-electron chi connectivity index (χ2n) is 6.13. The monoisotopic (exact) mass is 410 g/mol. The maximum absolute atomic E-state index is 12.7. The van der Waals surface area contributed by atoms with Crippen LogP contribution in [0.5, 0.6) is 11.5 Å². The molecule has 27 heavy (non-hydrogen) atoms. The van der Waals surface area contributed by atoms with Gasteiger partial charge in [0.05, 0.1) is 29.7 Å². The van der Waals surface area contributed by atoms with Crippen LogP contribution in [-0.4, -0.2) is 45.9 Å². The Balaban J connectivity index is 1.77. The zero-order valence-electron chi connectivity index (χ0n) is 15.2. The Kier molecular flexibility index (Phi) is 6.03. The van der Waals surface area contributed by atoms with Crippen molar-refractivity contribution in [3.05, 3.63) is 34.5 Å². The first kappa shape index (κ1) is 19.7. The predicted molar refractivity (Wildman–Crippen MR) is 104 cm³/mol. The minimum absolute atomic E-state index is 0.168. The van der Waals surface area contributed by atoms with Crippen molar-refractivity contribution in [1.29, 1.82) is 0 Å². The van der Waals surface area contributed by atoms with Crippen LogP contribution in [0.4, 0.5) is 5.69 Å². The fourth-order valence-electron chi connectivity index (χ4n) is 2.91. The second-order valence-corrected chi connectivity index (χ2v) is 8.98. The first-order valence-electron chi connectivity index (χ1n) is 8.58. The number of anilines is 1. The lowest BCUT2D eigenvalue weighted by Gasteiger charge is -2.25. The first-order valence-corrected chi connectivity index (χ1v) is 10.9. The summed E-state index contributed by atoms with van der Waals surface area (Å²) in [4.78, 5) is 13.0. The maximum Gasteiger partial charge on any atom is 0.265 e. The highest BCUT2D eigenvalue weighted by atomic mass is 32.2. The van der Waals surface area contributed by atoms with E-state index in [2.05, 4.69) is 5.32 Å². The minimum Gasteiger partial charge on any atom is -0.497 e. The Hall–Kier alpha value is -2.10. The van der Waals surface area contributed by atoms with Gasteiger partial charge in [0.25, 0.3) is 5.91 Å². The van der Waals surface area contributed by atoms with Gasteiger partial charge in [-0.05, 0) is 31.0 Å². The van der Waals surface area contributed by atoms with Crippen LogP contribution in [0, 0.1) is 0 Å². The molecule has 0 atom stereocenters. The number of nitrogens with one attached hydrogen (secondary N) is 1. The first-order chi connectivity index (χ1) is 13.0. The molecule has 0 spiro atoms. The lowest BCUT2D eigenvalue weighted by atomic mass is 10.2. The molecule has 3 rings (SSSR count). The minimum atomic E-state index is -3.55. The number of ether oxygens (including phenoxy) is 2. The van der Waals surface area contributed by atoms with Crippen LogP contribution < -0.4 is 14.8 Å². The Morgan fingerprint density at radius 1 is 1.11 bits per heavy atom. The maximum atomic E-state index is 12.7. The molecule has 1 aromatic heterocycles. The van der Waals surface area contributed by atoms with Crippen molar-refractivity contribution >= 4 is 33.0 Å². The number of hydrogen-bond donors (Lipinski definition) is 1. The molecule has 0 unspecified atom stereocenters. The summed E-state index contributed by atoms with van der Waals surface area (Å²) in [6.45, 7) is 1.06. The smallest absolute Gasteiger partial charge is 0.265 e. The summed E-state index contributed by atoms with van der Waals surface area (Å²) in [7, 11) is -0.503. The molecule has 0 aliphatic carbocycles. The van der Waals surface area contributed by atoms with Gasteiger partial charge in [0.15, 0.2) is 0 Å². The van der Waals surface area contributed by atoms with Gasteiger partial charge in [-0.25, -0.2) is 8.42 Å². The third kappa shape index (κ3) is 4.26. The third-order valence-electron chi connectivity index (χ3n) is 4.41. The molecule has 2 heterocycles. The van der Waals surface area contributed by atoms with Gasteiger partial charge in [-0.15, -0.1) is 11.3 Å². The molecule has 1 aliphatic heterocycles. The summed E-state index contributed by atoms with van der Waals surface area (Å²) in [6.07, 6.45) is 2.79. The average molecular weight is 411 g/mol. The van der Waals surface area contributed by atoms with Crippen LogP contribution in [0.2, 0.25) is 0 Å². The van der Waals surface area contributed by atoms with Crippen LogP contribution in [0.1, 0.15) is 28.9 Å². The van der Waals surface area contributed by atoms with E-state index < -0.39 is 10.0 Å². The number of sulfonamides is 1. The standard InChI is InChI=1S/C18H22N2O5S2/c1-24-13-6-7-15(16(10-13)25-2)19-18(21)17-11-14(12-26-17)27(22,23)20-8-4-3-5-9-20/h6-7,10-12H,3-5,8-9H2,1-2H3,(H,19,21). The van der Waals surface area contributed by atoms with Gasteiger partial charge in [0.1, 0.15) is 11.5 Å². The van der Waals surface area contributed by atoms with Gasteiger partial charge in [0.2, 0.25) is 10.0 Å². The molecule has 0 bridgehead atoms. The van der Waals surface area contributed by atoms with Crippen LogP contribution in [-0.2, 0) is 10.0 Å². The number of carbonyl (C=O) groups excluding carboxylic acids is 1. The Labute approximate surface area is 163 Å². The van der Waals surface area contributed by atoms with E-state index in [-0.39, 0.29) is 10.8 Å². The molecular weight excluding hydrogens is 388 g/mol. The molecule has 2 aromatic rings. The number of piperidine rings is 1. The SMILES string of the molecule is COc1ccc(NC(=O)c2cc(S(=O)(=O)N3CCCCC3)cs2)c(OC)c1. The molecule has 1 saturated heterocycles. The Morgan fingerprint density at radius 2 is 1.85 bits per heavy atom. The highest BCUT2D eigenvalue weighted by molar-refractivity contribution is 7.89. The number of amides is 1. The van der Waals surface area contributed by atoms with Crippen molar-refractivity contribution in [2.75, 3.05) is 32.6 Å². The fraction of sp³-hybridized carbons (Fsp3) is 0.389. The molecule has 0 radical (unpaired) electrons. The molecule has 1 aromatic carbocycles. The van der Waals surface area contributed by atoms with E-state index in [1.165, 1.54) is 22.9 Å². The number of hydrogen-bond acceptors (Lipinski definition) is 6. The average Bonchev–Trinajstić information content (AvgIpc) is 3.20. The van der Waals surface area contributed by atoms with Crippen molar-refractivity contribution in [3.63, 3.8) is 0 Å². The van der Waals surface area contributed by atoms with Gasteiger partial charge >= 0.3 is 0 Å². The number of thiophene rings is 1. The summed E-state index contributed by atoms with van der Waals surface area (Å²) in [6, 6.07) is 6.48. The fourth-order valence-corrected chi connectivity index (χ4v) is 5.59. The zero-order chi connectivity index (χ0) is 19.4. The quantitative estimate of drug-likeness (QED) is 0.791. The number of nitrogens with zero attached hydrogens (tertiary/aromatic N) is 1. The highest BCUT2D eigenvalue weighted by Gasteiger charge is 2.27. The van der Waals surface area contributed by atoms with Crippen LogP contribution >= 0.6 is 11.3 Å². The molecular formula is C18H22N2O5S2. The van der Waals surface area contributed by atoms with E-state index in [0.717, 1.165) is 30.6 Å². The van der Waals surface area contributed by atoms with E-state index >= 15 is 0 Å². The highest BCUT2D eigenvalue weighted by Crippen LogP contribution is 2.30. The van der Waals surface area contributed by atoms with Gasteiger partial charge in [-0.3, -0.25) is 4.79 Å². The van der Waals surface area contributed by atoms with Crippen LogP contribution in [0.25, 0.3) is 0 Å². The zero-order valence-corrected chi connectivity index (χ0v) is 16.9. The largest absolute Gasteiger partial charge is 0.497 e. The van der Waals surface area contributed by atoms with Crippen molar-refractivity contribution in [2.45, 2.75) is 24.2 Å².